The molecule has 1 aromatic heterocycles. The lowest BCUT2D eigenvalue weighted by atomic mass is 10.1. The molecular weight excluding hydrogens is 423 g/mol. The summed E-state index contributed by atoms with van der Waals surface area (Å²) in [6.07, 6.45) is 0. The number of halogens is 2. The standard InChI is InChI=1S/C24H18Cl2O4/c1-2-28-24(27)22-17-13-16(29-14-18-19(25)9-6-10-20(18)26)11-12-21(17)30-23(22)15-7-4-3-5-8-15/h3-13H,2,14H2,1H3. The third-order valence-electron chi connectivity index (χ3n) is 4.62. The first-order chi connectivity index (χ1) is 14.6. The lowest BCUT2D eigenvalue weighted by molar-refractivity contribution is 0.0529. The second-order valence-electron chi connectivity index (χ2n) is 6.54. The summed E-state index contributed by atoms with van der Waals surface area (Å²) >= 11 is 12.4. The molecule has 0 unspecified atom stereocenters. The summed E-state index contributed by atoms with van der Waals surface area (Å²) < 4.78 is 17.2. The summed E-state index contributed by atoms with van der Waals surface area (Å²) in [6.45, 7) is 2.23. The predicted octanol–water partition coefficient (Wildman–Crippen LogP) is 7.16. The van der Waals surface area contributed by atoms with E-state index in [2.05, 4.69) is 0 Å². The first-order valence-corrected chi connectivity index (χ1v) is 10.2. The zero-order valence-electron chi connectivity index (χ0n) is 16.2. The molecule has 0 saturated carbocycles. The number of furan rings is 1. The molecular formula is C24H18Cl2O4. The maximum Gasteiger partial charge on any atom is 0.342 e. The van der Waals surface area contributed by atoms with E-state index in [1.807, 2.05) is 30.3 Å². The molecule has 4 aromatic rings. The highest BCUT2D eigenvalue weighted by molar-refractivity contribution is 6.35. The fraction of sp³-hybridized carbons (Fsp3) is 0.125. The highest BCUT2D eigenvalue weighted by atomic mass is 35.5. The van der Waals surface area contributed by atoms with Gasteiger partial charge in [0.2, 0.25) is 0 Å². The van der Waals surface area contributed by atoms with Gasteiger partial charge in [-0.3, -0.25) is 0 Å². The Morgan fingerprint density at radius 3 is 2.40 bits per heavy atom. The zero-order chi connectivity index (χ0) is 21.1. The molecule has 0 saturated heterocycles. The molecule has 0 radical (unpaired) electrons. The molecule has 3 aromatic carbocycles. The van der Waals surface area contributed by atoms with Gasteiger partial charge >= 0.3 is 5.97 Å². The summed E-state index contributed by atoms with van der Waals surface area (Å²) in [5.41, 5.74) is 2.44. The molecule has 0 N–H and O–H groups in total. The van der Waals surface area contributed by atoms with Crippen molar-refractivity contribution in [3.8, 4) is 17.1 Å². The van der Waals surface area contributed by atoms with Crippen molar-refractivity contribution in [1.29, 1.82) is 0 Å². The molecule has 0 bridgehead atoms. The average molecular weight is 441 g/mol. The molecule has 0 aliphatic rings. The van der Waals surface area contributed by atoms with Crippen LogP contribution in [0.25, 0.3) is 22.3 Å². The van der Waals surface area contributed by atoms with Gasteiger partial charge in [-0.1, -0.05) is 59.6 Å². The van der Waals surface area contributed by atoms with E-state index in [1.165, 1.54) is 0 Å². The van der Waals surface area contributed by atoms with Crippen LogP contribution in [0.1, 0.15) is 22.8 Å². The Labute approximate surface area is 183 Å². The lowest BCUT2D eigenvalue weighted by Gasteiger charge is -2.09. The Bertz CT molecular complexity index is 1180. The second kappa shape index (κ2) is 8.82. The number of hydrogen-bond donors (Lipinski definition) is 0. The topological polar surface area (TPSA) is 48.7 Å². The van der Waals surface area contributed by atoms with Crippen LogP contribution in [0, 0.1) is 0 Å². The van der Waals surface area contributed by atoms with Crippen LogP contribution in [0.3, 0.4) is 0 Å². The van der Waals surface area contributed by atoms with Crippen LogP contribution >= 0.6 is 23.2 Å². The summed E-state index contributed by atoms with van der Waals surface area (Å²) in [5, 5.41) is 1.69. The van der Waals surface area contributed by atoms with Gasteiger partial charge in [-0.2, -0.15) is 0 Å². The van der Waals surface area contributed by atoms with E-state index in [-0.39, 0.29) is 13.2 Å². The second-order valence-corrected chi connectivity index (χ2v) is 7.35. The van der Waals surface area contributed by atoms with Crippen LogP contribution in [0.15, 0.2) is 71.1 Å². The maximum absolute atomic E-state index is 12.7. The van der Waals surface area contributed by atoms with Crippen molar-refractivity contribution in [2.75, 3.05) is 6.61 Å². The van der Waals surface area contributed by atoms with E-state index in [0.717, 1.165) is 5.56 Å². The van der Waals surface area contributed by atoms with E-state index in [0.29, 0.717) is 43.7 Å². The van der Waals surface area contributed by atoms with Crippen molar-refractivity contribution in [2.45, 2.75) is 13.5 Å². The van der Waals surface area contributed by atoms with Crippen molar-refractivity contribution in [3.63, 3.8) is 0 Å². The summed E-state index contributed by atoms with van der Waals surface area (Å²) in [5.74, 6) is 0.584. The molecule has 152 valence electrons. The fourth-order valence-corrected chi connectivity index (χ4v) is 3.70. The Morgan fingerprint density at radius 1 is 0.967 bits per heavy atom. The van der Waals surface area contributed by atoms with Gasteiger partial charge in [0.05, 0.1) is 6.61 Å². The fourth-order valence-electron chi connectivity index (χ4n) is 3.19. The van der Waals surface area contributed by atoms with Crippen LogP contribution in [-0.2, 0) is 11.3 Å². The highest BCUT2D eigenvalue weighted by Crippen LogP contribution is 2.36. The Balaban J connectivity index is 1.74. The number of esters is 1. The van der Waals surface area contributed by atoms with Gasteiger partial charge < -0.3 is 13.9 Å². The van der Waals surface area contributed by atoms with Crippen molar-refractivity contribution >= 4 is 40.1 Å². The Morgan fingerprint density at radius 2 is 1.70 bits per heavy atom. The SMILES string of the molecule is CCOC(=O)c1c(-c2ccccc2)oc2ccc(OCc3c(Cl)cccc3Cl)cc12. The van der Waals surface area contributed by atoms with Crippen molar-refractivity contribution < 1.29 is 18.7 Å². The quantitative estimate of drug-likeness (QED) is 0.298. The molecule has 0 atom stereocenters. The van der Waals surface area contributed by atoms with Crippen molar-refractivity contribution in [1.82, 2.24) is 0 Å². The number of rotatable bonds is 6. The molecule has 0 fully saturated rings. The predicted molar refractivity (Wildman–Crippen MR) is 118 cm³/mol. The first kappa shape index (κ1) is 20.3. The van der Waals surface area contributed by atoms with Gasteiger partial charge in [0.25, 0.3) is 0 Å². The molecule has 0 spiro atoms. The largest absolute Gasteiger partial charge is 0.489 e. The van der Waals surface area contributed by atoms with Crippen molar-refractivity contribution in [2.24, 2.45) is 0 Å². The van der Waals surface area contributed by atoms with Gasteiger partial charge in [-0.15, -0.1) is 0 Å². The molecule has 1 heterocycles. The van der Waals surface area contributed by atoms with Crippen LogP contribution in [0.5, 0.6) is 5.75 Å². The molecule has 0 amide bonds. The minimum Gasteiger partial charge on any atom is -0.489 e. The van der Waals surface area contributed by atoms with Gasteiger partial charge in [0, 0.05) is 26.6 Å². The smallest absolute Gasteiger partial charge is 0.342 e. The third kappa shape index (κ3) is 4.02. The van der Waals surface area contributed by atoms with Gasteiger partial charge in [-0.05, 0) is 37.3 Å². The molecule has 4 nitrogen and oxygen atoms in total. The number of hydrogen-bond acceptors (Lipinski definition) is 4. The zero-order valence-corrected chi connectivity index (χ0v) is 17.7. The number of benzene rings is 3. The number of carbonyl (C=O) groups is 1. The molecule has 4 rings (SSSR count). The molecule has 0 aliphatic heterocycles. The van der Waals surface area contributed by atoms with E-state index < -0.39 is 5.97 Å². The van der Waals surface area contributed by atoms with Gasteiger partial charge in [-0.25, -0.2) is 4.79 Å². The lowest BCUT2D eigenvalue weighted by Crippen LogP contribution is -2.05. The number of carbonyl (C=O) groups excluding carboxylic acids is 1. The van der Waals surface area contributed by atoms with Gasteiger partial charge in [0.15, 0.2) is 0 Å². The van der Waals surface area contributed by atoms with Crippen LogP contribution in [0.4, 0.5) is 0 Å². The minimum absolute atomic E-state index is 0.197. The first-order valence-electron chi connectivity index (χ1n) is 9.43. The summed E-state index contributed by atoms with van der Waals surface area (Å²) in [7, 11) is 0. The van der Waals surface area contributed by atoms with E-state index in [9.17, 15) is 4.79 Å². The van der Waals surface area contributed by atoms with Crippen LogP contribution in [0.2, 0.25) is 10.0 Å². The Kier molecular flexibility index (Phi) is 5.98. The third-order valence-corrected chi connectivity index (χ3v) is 5.33. The summed E-state index contributed by atoms with van der Waals surface area (Å²) in [4.78, 5) is 12.7. The highest BCUT2D eigenvalue weighted by Gasteiger charge is 2.23. The number of ether oxygens (including phenoxy) is 2. The summed E-state index contributed by atoms with van der Waals surface area (Å²) in [6, 6.07) is 20.1. The van der Waals surface area contributed by atoms with E-state index in [4.69, 9.17) is 37.1 Å². The van der Waals surface area contributed by atoms with Gasteiger partial charge in [0.1, 0.15) is 29.3 Å². The maximum atomic E-state index is 12.7. The molecule has 6 heteroatoms. The van der Waals surface area contributed by atoms with Crippen LogP contribution < -0.4 is 4.74 Å². The van der Waals surface area contributed by atoms with E-state index in [1.54, 1.807) is 43.3 Å². The Hall–Kier alpha value is -2.95. The minimum atomic E-state index is -0.443. The molecule has 0 aliphatic carbocycles. The monoisotopic (exact) mass is 440 g/mol. The van der Waals surface area contributed by atoms with E-state index >= 15 is 0 Å². The molecule has 30 heavy (non-hydrogen) atoms. The van der Waals surface area contributed by atoms with Crippen LogP contribution in [-0.4, -0.2) is 12.6 Å². The van der Waals surface area contributed by atoms with Crippen molar-refractivity contribution in [3.05, 3.63) is 87.9 Å². The number of fused-ring (bicyclic) bond motifs is 1. The normalized spacial score (nSPS) is 10.9. The average Bonchev–Trinajstić information content (AvgIpc) is 3.13.